The van der Waals surface area contributed by atoms with Crippen molar-refractivity contribution in [1.82, 2.24) is 0 Å². The second-order valence-electron chi connectivity index (χ2n) is 8.56. The topological polar surface area (TPSA) is 112 Å². The zero-order chi connectivity index (χ0) is 21.8. The van der Waals surface area contributed by atoms with Gasteiger partial charge in [0.15, 0.2) is 0 Å². The van der Waals surface area contributed by atoms with Crippen LogP contribution in [0.15, 0.2) is 35.5 Å². The maximum atomic E-state index is 12.7. The maximum absolute atomic E-state index is 12.7. The van der Waals surface area contributed by atoms with Gasteiger partial charge in [-0.1, -0.05) is 18.2 Å². The van der Waals surface area contributed by atoms with E-state index in [-0.39, 0.29) is 29.6 Å². The lowest BCUT2D eigenvalue weighted by Crippen LogP contribution is -2.39. The zero-order valence-electron chi connectivity index (χ0n) is 17.3. The van der Waals surface area contributed by atoms with Gasteiger partial charge in [0, 0.05) is 36.3 Å². The van der Waals surface area contributed by atoms with E-state index in [0.717, 1.165) is 5.57 Å². The molecule has 2 heterocycles. The maximum Gasteiger partial charge on any atom is 0.334 e. The third kappa shape index (κ3) is 3.37. The van der Waals surface area contributed by atoms with Crippen LogP contribution in [0.25, 0.3) is 0 Å². The van der Waals surface area contributed by atoms with Gasteiger partial charge in [-0.15, -0.1) is 0 Å². The van der Waals surface area contributed by atoms with E-state index in [1.807, 2.05) is 6.92 Å². The standard InChI is InChI=1S/C22H26O8/c1-10(5-6-27-13(4)23)20(25)29-15-8-22(9-28-22)18-14(24)7-11(2)16(18)19-17(15)12(3)21(26)30-19/h5,7,14-19,24H,3,6,8-9H2,1-2,4H3/b10-5+/t14-,15-,16+,17-,18-,19-,22+/m1/s1. The molecule has 7 atom stereocenters. The number of carbonyl (C=O) groups excluding carboxylic acids is 3. The molecule has 0 aromatic heterocycles. The van der Waals surface area contributed by atoms with Crippen molar-refractivity contribution in [2.24, 2.45) is 17.8 Å². The first-order valence-corrected chi connectivity index (χ1v) is 10.1. The lowest BCUT2D eigenvalue weighted by molar-refractivity contribution is -0.149. The summed E-state index contributed by atoms with van der Waals surface area (Å²) in [5, 5.41) is 10.7. The Balaban J connectivity index is 1.61. The Hall–Kier alpha value is -2.45. The van der Waals surface area contributed by atoms with E-state index >= 15 is 0 Å². The van der Waals surface area contributed by atoms with Crippen LogP contribution in [0.3, 0.4) is 0 Å². The minimum atomic E-state index is -0.717. The van der Waals surface area contributed by atoms with Crippen LogP contribution in [0, 0.1) is 17.8 Å². The van der Waals surface area contributed by atoms with Crippen molar-refractivity contribution < 1.29 is 38.4 Å². The number of carbonyl (C=O) groups is 3. The largest absolute Gasteiger partial charge is 0.462 e. The molecule has 3 fully saturated rings. The highest BCUT2D eigenvalue weighted by Gasteiger charge is 2.67. The number of hydrogen-bond donors (Lipinski definition) is 1. The van der Waals surface area contributed by atoms with Crippen LogP contribution in [0.1, 0.15) is 27.2 Å². The molecule has 8 heteroatoms. The summed E-state index contributed by atoms with van der Waals surface area (Å²) >= 11 is 0. The van der Waals surface area contributed by atoms with Crippen molar-refractivity contribution in [2.45, 2.75) is 51.1 Å². The van der Waals surface area contributed by atoms with E-state index in [0.29, 0.717) is 13.0 Å². The van der Waals surface area contributed by atoms with E-state index in [2.05, 4.69) is 6.58 Å². The number of fused-ring (bicyclic) bond motifs is 4. The molecular formula is C22H26O8. The van der Waals surface area contributed by atoms with Crippen LogP contribution in [-0.4, -0.2) is 60.1 Å². The first-order valence-electron chi connectivity index (χ1n) is 10.1. The van der Waals surface area contributed by atoms with E-state index in [1.165, 1.54) is 13.0 Å². The molecule has 8 nitrogen and oxygen atoms in total. The fourth-order valence-electron chi connectivity index (χ4n) is 5.14. The summed E-state index contributed by atoms with van der Waals surface area (Å²) in [6.07, 6.45) is 1.62. The SMILES string of the molecule is C=C1C(=O)O[C@@H]2[C@H]3C(C)=C[C@@H](O)[C@H]3[C@@]3(CO3)C[C@@H](OC(=O)/C(C)=C/COC(C)=O)[C@@H]12. The highest BCUT2D eigenvalue weighted by molar-refractivity contribution is 5.92. The molecule has 2 aliphatic heterocycles. The molecule has 1 N–H and O–H groups in total. The summed E-state index contributed by atoms with van der Waals surface area (Å²) in [5.41, 5.74) is 0.861. The van der Waals surface area contributed by atoms with Gasteiger partial charge in [-0.25, -0.2) is 9.59 Å². The minimum Gasteiger partial charge on any atom is -0.462 e. The van der Waals surface area contributed by atoms with Crippen LogP contribution in [0.2, 0.25) is 0 Å². The average molecular weight is 418 g/mol. The van der Waals surface area contributed by atoms with E-state index in [4.69, 9.17) is 18.9 Å². The number of rotatable bonds is 4. The fraction of sp³-hybridized carbons (Fsp3) is 0.591. The summed E-state index contributed by atoms with van der Waals surface area (Å²) in [5.74, 6) is -2.54. The van der Waals surface area contributed by atoms with Crippen molar-refractivity contribution in [3.05, 3.63) is 35.5 Å². The average Bonchev–Trinajstić information content (AvgIpc) is 3.30. The smallest absolute Gasteiger partial charge is 0.334 e. The second-order valence-corrected chi connectivity index (χ2v) is 8.56. The molecule has 1 saturated carbocycles. The van der Waals surface area contributed by atoms with Gasteiger partial charge in [-0.05, 0) is 19.9 Å². The van der Waals surface area contributed by atoms with Gasteiger partial charge in [0.2, 0.25) is 0 Å². The van der Waals surface area contributed by atoms with Gasteiger partial charge in [0.1, 0.15) is 24.4 Å². The predicted molar refractivity (Wildman–Crippen MR) is 103 cm³/mol. The predicted octanol–water partition coefficient (Wildman–Crippen LogP) is 1.23. The molecule has 1 spiro atoms. The highest BCUT2D eigenvalue weighted by atomic mass is 16.6. The number of aliphatic hydroxyl groups is 1. The first kappa shape index (κ1) is 20.8. The van der Waals surface area contributed by atoms with E-state index in [1.54, 1.807) is 13.0 Å². The third-order valence-corrected chi connectivity index (χ3v) is 6.66. The number of epoxide rings is 1. The Kier molecular flexibility index (Phi) is 5.10. The summed E-state index contributed by atoms with van der Waals surface area (Å²) in [6.45, 7) is 9.07. The lowest BCUT2D eigenvalue weighted by atomic mass is 9.77. The summed E-state index contributed by atoms with van der Waals surface area (Å²) in [7, 11) is 0. The Morgan fingerprint density at radius 1 is 1.37 bits per heavy atom. The number of ether oxygens (including phenoxy) is 4. The number of esters is 3. The van der Waals surface area contributed by atoms with Gasteiger partial charge in [-0.3, -0.25) is 4.79 Å². The quantitative estimate of drug-likeness (QED) is 0.239. The van der Waals surface area contributed by atoms with Crippen molar-refractivity contribution in [1.29, 1.82) is 0 Å². The van der Waals surface area contributed by atoms with Gasteiger partial charge < -0.3 is 24.1 Å². The van der Waals surface area contributed by atoms with Crippen LogP contribution in [-0.2, 0) is 33.3 Å². The van der Waals surface area contributed by atoms with Crippen molar-refractivity contribution in [3.63, 3.8) is 0 Å². The Morgan fingerprint density at radius 3 is 2.70 bits per heavy atom. The van der Waals surface area contributed by atoms with Crippen molar-refractivity contribution in [3.8, 4) is 0 Å². The molecule has 2 aliphatic carbocycles. The Labute approximate surface area is 174 Å². The van der Waals surface area contributed by atoms with Crippen LogP contribution >= 0.6 is 0 Å². The molecule has 0 aromatic carbocycles. The normalized spacial score (nSPS) is 39.6. The molecule has 0 aromatic rings. The van der Waals surface area contributed by atoms with Gasteiger partial charge in [-0.2, -0.15) is 0 Å². The van der Waals surface area contributed by atoms with Crippen molar-refractivity contribution >= 4 is 17.9 Å². The Bertz CT molecular complexity index is 864. The fourth-order valence-corrected chi connectivity index (χ4v) is 5.14. The van der Waals surface area contributed by atoms with Crippen molar-refractivity contribution in [2.75, 3.05) is 13.2 Å². The summed E-state index contributed by atoms with van der Waals surface area (Å²) in [6, 6.07) is 0. The van der Waals surface area contributed by atoms with Gasteiger partial charge >= 0.3 is 17.9 Å². The van der Waals surface area contributed by atoms with E-state index < -0.39 is 47.7 Å². The summed E-state index contributed by atoms with van der Waals surface area (Å²) in [4.78, 5) is 35.9. The molecule has 4 rings (SSSR count). The molecule has 2 saturated heterocycles. The molecule has 30 heavy (non-hydrogen) atoms. The van der Waals surface area contributed by atoms with E-state index in [9.17, 15) is 19.5 Å². The lowest BCUT2D eigenvalue weighted by Gasteiger charge is -2.30. The molecule has 162 valence electrons. The molecular weight excluding hydrogens is 392 g/mol. The second kappa shape index (κ2) is 7.35. The highest BCUT2D eigenvalue weighted by Crippen LogP contribution is 2.58. The molecule has 0 unspecified atom stereocenters. The monoisotopic (exact) mass is 418 g/mol. The van der Waals surface area contributed by atoms with Gasteiger partial charge in [0.05, 0.1) is 18.6 Å². The number of aliphatic hydroxyl groups excluding tert-OH is 1. The molecule has 0 bridgehead atoms. The van der Waals surface area contributed by atoms with Crippen LogP contribution in [0.5, 0.6) is 0 Å². The molecule has 0 radical (unpaired) electrons. The summed E-state index contributed by atoms with van der Waals surface area (Å²) < 4.78 is 22.1. The van der Waals surface area contributed by atoms with Crippen LogP contribution in [0.4, 0.5) is 0 Å². The number of hydrogen-bond acceptors (Lipinski definition) is 8. The first-order chi connectivity index (χ1) is 14.1. The van der Waals surface area contributed by atoms with Crippen LogP contribution < -0.4 is 0 Å². The minimum absolute atomic E-state index is 0.0331. The molecule has 4 aliphatic rings. The Morgan fingerprint density at radius 2 is 2.07 bits per heavy atom. The third-order valence-electron chi connectivity index (χ3n) is 6.66. The molecule has 0 amide bonds. The zero-order valence-corrected chi connectivity index (χ0v) is 17.3. The van der Waals surface area contributed by atoms with Gasteiger partial charge in [0.25, 0.3) is 0 Å².